The van der Waals surface area contributed by atoms with Crippen molar-refractivity contribution in [1.82, 2.24) is 10.2 Å². The van der Waals surface area contributed by atoms with E-state index in [9.17, 15) is 9.59 Å². The summed E-state index contributed by atoms with van der Waals surface area (Å²) in [6, 6.07) is -0.178. The van der Waals surface area contributed by atoms with Gasteiger partial charge in [0.15, 0.2) is 0 Å². The summed E-state index contributed by atoms with van der Waals surface area (Å²) in [6.07, 6.45) is 6.95. The largest absolute Gasteiger partial charge is 0.481 e. The van der Waals surface area contributed by atoms with E-state index in [0.29, 0.717) is 32.2 Å². The zero-order valence-corrected chi connectivity index (χ0v) is 12.3. The van der Waals surface area contributed by atoms with Gasteiger partial charge in [-0.3, -0.25) is 4.79 Å². The summed E-state index contributed by atoms with van der Waals surface area (Å²) in [5, 5.41) is 11.3. The molecule has 0 spiro atoms. The predicted molar refractivity (Wildman–Crippen MR) is 75.7 cm³/mol. The Balaban J connectivity index is 2.02. The third-order valence-corrected chi connectivity index (χ3v) is 3.51. The van der Waals surface area contributed by atoms with Gasteiger partial charge in [-0.15, -0.1) is 0 Å². The van der Waals surface area contributed by atoms with Gasteiger partial charge >= 0.3 is 12.0 Å². The minimum absolute atomic E-state index is 0.0857. The van der Waals surface area contributed by atoms with E-state index in [-0.39, 0.29) is 12.5 Å². The Hall–Kier alpha value is -1.30. The molecule has 6 heteroatoms. The second-order valence-electron chi connectivity index (χ2n) is 5.28. The Labute approximate surface area is 120 Å². The van der Waals surface area contributed by atoms with Crippen LogP contribution >= 0.6 is 0 Å². The van der Waals surface area contributed by atoms with Crippen molar-refractivity contribution in [1.29, 1.82) is 0 Å². The molecule has 0 unspecified atom stereocenters. The highest BCUT2D eigenvalue weighted by Crippen LogP contribution is 2.19. The lowest BCUT2D eigenvalue weighted by molar-refractivity contribution is -0.137. The van der Waals surface area contributed by atoms with Crippen molar-refractivity contribution in [3.05, 3.63) is 0 Å². The molecule has 2 amide bonds. The van der Waals surface area contributed by atoms with Gasteiger partial charge in [0.1, 0.15) is 0 Å². The van der Waals surface area contributed by atoms with E-state index in [1.54, 1.807) is 7.05 Å². The number of carbonyl (C=O) groups is 2. The fourth-order valence-corrected chi connectivity index (χ4v) is 2.32. The average molecular weight is 286 g/mol. The predicted octanol–water partition coefficient (Wildman–Crippen LogP) is 1.84. The molecular formula is C14H26N2O4. The Bertz CT molecular complexity index is 304. The fourth-order valence-electron chi connectivity index (χ4n) is 2.32. The van der Waals surface area contributed by atoms with Crippen molar-refractivity contribution in [2.45, 2.75) is 51.0 Å². The molecule has 0 atom stereocenters. The van der Waals surface area contributed by atoms with Gasteiger partial charge in [-0.1, -0.05) is 19.3 Å². The number of carbonyl (C=O) groups excluding carboxylic acids is 1. The zero-order valence-electron chi connectivity index (χ0n) is 12.3. The van der Waals surface area contributed by atoms with Crippen LogP contribution in [-0.4, -0.2) is 54.9 Å². The van der Waals surface area contributed by atoms with Crippen molar-refractivity contribution < 1.29 is 19.4 Å². The van der Waals surface area contributed by atoms with E-state index in [2.05, 4.69) is 5.32 Å². The van der Waals surface area contributed by atoms with E-state index in [0.717, 1.165) is 12.8 Å². The maximum absolute atomic E-state index is 11.7. The molecular weight excluding hydrogens is 260 g/mol. The number of carboxylic acid groups (broad SMARTS) is 1. The molecule has 2 N–H and O–H groups in total. The number of hydrogen-bond acceptors (Lipinski definition) is 3. The van der Waals surface area contributed by atoms with Crippen LogP contribution in [0.2, 0.25) is 0 Å². The summed E-state index contributed by atoms with van der Waals surface area (Å²) in [7, 11) is 1.67. The van der Waals surface area contributed by atoms with Gasteiger partial charge in [-0.05, 0) is 19.3 Å². The number of ether oxygens (including phenoxy) is 1. The monoisotopic (exact) mass is 286 g/mol. The molecule has 1 aliphatic carbocycles. The van der Waals surface area contributed by atoms with Gasteiger partial charge in [-0.25, -0.2) is 4.79 Å². The quantitative estimate of drug-likeness (QED) is 0.667. The number of rotatable bonds is 8. The molecule has 1 fully saturated rings. The lowest BCUT2D eigenvalue weighted by atomic mass is 9.98. The second kappa shape index (κ2) is 9.58. The molecule has 20 heavy (non-hydrogen) atoms. The molecule has 6 nitrogen and oxygen atoms in total. The number of aliphatic carboxylic acids is 1. The maximum Gasteiger partial charge on any atom is 0.317 e. The van der Waals surface area contributed by atoms with Crippen LogP contribution in [0.3, 0.4) is 0 Å². The number of carboxylic acids is 1. The maximum atomic E-state index is 11.7. The number of urea groups is 1. The first-order valence-electron chi connectivity index (χ1n) is 7.42. The molecule has 1 aliphatic rings. The SMILES string of the molecule is CN(CCCC(=O)O)C(=O)NCCOC1CCCCC1. The van der Waals surface area contributed by atoms with Crippen LogP contribution in [0.5, 0.6) is 0 Å². The third kappa shape index (κ3) is 7.33. The number of amides is 2. The average Bonchev–Trinajstić information content (AvgIpc) is 2.44. The highest BCUT2D eigenvalue weighted by Gasteiger charge is 2.13. The molecule has 1 saturated carbocycles. The molecule has 0 aromatic rings. The van der Waals surface area contributed by atoms with Crippen LogP contribution < -0.4 is 5.32 Å². The zero-order chi connectivity index (χ0) is 14.8. The van der Waals surface area contributed by atoms with Crippen molar-refractivity contribution in [3.63, 3.8) is 0 Å². The third-order valence-electron chi connectivity index (χ3n) is 3.51. The topological polar surface area (TPSA) is 78.9 Å². The summed E-state index contributed by atoms with van der Waals surface area (Å²) in [5.41, 5.74) is 0. The lowest BCUT2D eigenvalue weighted by Crippen LogP contribution is -2.39. The second-order valence-corrected chi connectivity index (χ2v) is 5.28. The molecule has 0 heterocycles. The summed E-state index contributed by atoms with van der Waals surface area (Å²) < 4.78 is 5.71. The van der Waals surface area contributed by atoms with Crippen molar-refractivity contribution >= 4 is 12.0 Å². The van der Waals surface area contributed by atoms with Gasteiger partial charge in [0.25, 0.3) is 0 Å². The number of nitrogens with one attached hydrogen (secondary N) is 1. The molecule has 0 saturated heterocycles. The van der Waals surface area contributed by atoms with Gasteiger partial charge in [-0.2, -0.15) is 0 Å². The van der Waals surface area contributed by atoms with Gasteiger partial charge in [0.05, 0.1) is 12.7 Å². The Morgan fingerprint density at radius 3 is 2.65 bits per heavy atom. The minimum Gasteiger partial charge on any atom is -0.481 e. The van der Waals surface area contributed by atoms with Crippen molar-refractivity contribution in [2.24, 2.45) is 0 Å². The Morgan fingerprint density at radius 1 is 1.30 bits per heavy atom. The van der Waals surface area contributed by atoms with E-state index < -0.39 is 5.97 Å². The van der Waals surface area contributed by atoms with Crippen LogP contribution in [0.15, 0.2) is 0 Å². The number of hydrogen-bond donors (Lipinski definition) is 2. The first kappa shape index (κ1) is 16.8. The van der Waals surface area contributed by atoms with E-state index >= 15 is 0 Å². The molecule has 116 valence electrons. The van der Waals surface area contributed by atoms with Crippen LogP contribution in [0.1, 0.15) is 44.9 Å². The molecule has 0 aliphatic heterocycles. The molecule has 0 aromatic heterocycles. The van der Waals surface area contributed by atoms with Gasteiger partial charge in [0, 0.05) is 26.6 Å². The molecule has 0 bridgehead atoms. The van der Waals surface area contributed by atoms with Crippen LogP contribution in [-0.2, 0) is 9.53 Å². The Morgan fingerprint density at radius 2 is 2.00 bits per heavy atom. The van der Waals surface area contributed by atoms with Crippen molar-refractivity contribution in [2.75, 3.05) is 26.7 Å². The van der Waals surface area contributed by atoms with Gasteiger partial charge in [0.2, 0.25) is 0 Å². The first-order valence-corrected chi connectivity index (χ1v) is 7.42. The van der Waals surface area contributed by atoms with E-state index in [1.807, 2.05) is 0 Å². The normalized spacial score (nSPS) is 15.8. The standard InChI is InChI=1S/C14H26N2O4/c1-16(10-5-8-13(17)18)14(19)15-9-11-20-12-6-3-2-4-7-12/h12H,2-11H2,1H3,(H,15,19)(H,17,18). The minimum atomic E-state index is -0.834. The lowest BCUT2D eigenvalue weighted by Gasteiger charge is -2.22. The van der Waals surface area contributed by atoms with Gasteiger partial charge < -0.3 is 20.1 Å². The first-order chi connectivity index (χ1) is 9.59. The molecule has 1 rings (SSSR count). The highest BCUT2D eigenvalue weighted by molar-refractivity contribution is 5.73. The van der Waals surface area contributed by atoms with Crippen molar-refractivity contribution in [3.8, 4) is 0 Å². The molecule has 0 radical (unpaired) electrons. The van der Waals surface area contributed by atoms with Crippen LogP contribution in [0, 0.1) is 0 Å². The summed E-state index contributed by atoms with van der Waals surface area (Å²) in [6.45, 7) is 1.49. The smallest absolute Gasteiger partial charge is 0.317 e. The van der Waals surface area contributed by atoms with Crippen LogP contribution in [0.4, 0.5) is 4.79 Å². The summed E-state index contributed by atoms with van der Waals surface area (Å²) in [4.78, 5) is 23.6. The highest BCUT2D eigenvalue weighted by atomic mass is 16.5. The van der Waals surface area contributed by atoms with Crippen LogP contribution in [0.25, 0.3) is 0 Å². The number of nitrogens with zero attached hydrogens (tertiary/aromatic N) is 1. The van der Waals surface area contributed by atoms with E-state index in [1.165, 1.54) is 24.2 Å². The Kier molecular flexibility index (Phi) is 8.02. The van der Waals surface area contributed by atoms with E-state index in [4.69, 9.17) is 9.84 Å². The fraction of sp³-hybridized carbons (Fsp3) is 0.857. The summed E-state index contributed by atoms with van der Waals surface area (Å²) in [5.74, 6) is -0.834. The molecule has 0 aromatic carbocycles. The summed E-state index contributed by atoms with van der Waals surface area (Å²) >= 11 is 0.